The fourth-order valence-electron chi connectivity index (χ4n) is 2.28. The number of aliphatic hydroxyl groups is 1. The zero-order valence-corrected chi connectivity index (χ0v) is 11.3. The van der Waals surface area contributed by atoms with Crippen LogP contribution in [0.3, 0.4) is 0 Å². The number of nitrogens with zero attached hydrogens (tertiary/aromatic N) is 1. The van der Waals surface area contributed by atoms with Gasteiger partial charge in [-0.1, -0.05) is 19.3 Å². The van der Waals surface area contributed by atoms with Crippen molar-refractivity contribution in [3.05, 3.63) is 0 Å². The van der Waals surface area contributed by atoms with Crippen LogP contribution in [0, 0.1) is 0 Å². The van der Waals surface area contributed by atoms with E-state index >= 15 is 0 Å². The summed E-state index contributed by atoms with van der Waals surface area (Å²) in [6.07, 6.45) is 10.3. The number of rotatable bonds is 10. The number of hydrogen-bond donors (Lipinski definition) is 2. The molecule has 0 aromatic heterocycles. The van der Waals surface area contributed by atoms with E-state index in [2.05, 4.69) is 17.5 Å². The molecule has 0 radical (unpaired) electrons. The van der Waals surface area contributed by atoms with Crippen molar-refractivity contribution in [2.45, 2.75) is 57.4 Å². The molecule has 0 bridgehead atoms. The van der Waals surface area contributed by atoms with E-state index in [4.69, 9.17) is 5.11 Å². The third kappa shape index (κ3) is 5.55. The van der Waals surface area contributed by atoms with Gasteiger partial charge in [-0.05, 0) is 44.4 Å². The minimum atomic E-state index is 0.336. The van der Waals surface area contributed by atoms with Crippen LogP contribution in [0.15, 0.2) is 0 Å². The van der Waals surface area contributed by atoms with Crippen LogP contribution in [-0.2, 0) is 0 Å². The van der Waals surface area contributed by atoms with Gasteiger partial charge in [0.2, 0.25) is 0 Å². The van der Waals surface area contributed by atoms with Crippen LogP contribution in [0.5, 0.6) is 0 Å². The highest BCUT2D eigenvalue weighted by Gasteiger charge is 2.23. The normalized spacial score (nSPS) is 16.7. The van der Waals surface area contributed by atoms with Crippen molar-refractivity contribution < 1.29 is 5.11 Å². The van der Waals surface area contributed by atoms with Gasteiger partial charge in [0, 0.05) is 19.2 Å². The zero-order valence-electron chi connectivity index (χ0n) is 10.4. The molecule has 0 aromatic carbocycles. The highest BCUT2D eigenvalue weighted by molar-refractivity contribution is 7.80. The molecule has 0 atom stereocenters. The van der Waals surface area contributed by atoms with E-state index in [1.807, 2.05) is 0 Å². The average molecular weight is 245 g/mol. The van der Waals surface area contributed by atoms with Crippen LogP contribution in [0.4, 0.5) is 0 Å². The summed E-state index contributed by atoms with van der Waals surface area (Å²) in [6.45, 7) is 2.66. The Balaban J connectivity index is 2.06. The molecule has 0 aliphatic heterocycles. The third-order valence-corrected chi connectivity index (χ3v) is 3.86. The van der Waals surface area contributed by atoms with Crippen LogP contribution < -0.4 is 0 Å². The Labute approximate surface area is 106 Å². The largest absolute Gasteiger partial charge is 0.396 e. The smallest absolute Gasteiger partial charge is 0.0443 e. The summed E-state index contributed by atoms with van der Waals surface area (Å²) >= 11 is 4.23. The lowest BCUT2D eigenvalue weighted by Crippen LogP contribution is -2.41. The highest BCUT2D eigenvalue weighted by atomic mass is 32.1. The van der Waals surface area contributed by atoms with Crippen LogP contribution in [0.2, 0.25) is 0 Å². The molecule has 0 saturated heterocycles. The lowest BCUT2D eigenvalue weighted by molar-refractivity contribution is 0.114. The van der Waals surface area contributed by atoms with Crippen molar-refractivity contribution in [3.63, 3.8) is 0 Å². The van der Waals surface area contributed by atoms with E-state index < -0.39 is 0 Å². The van der Waals surface area contributed by atoms with Gasteiger partial charge >= 0.3 is 0 Å². The fourth-order valence-corrected chi connectivity index (χ4v) is 2.51. The second-order valence-corrected chi connectivity index (χ2v) is 5.28. The van der Waals surface area contributed by atoms with Gasteiger partial charge in [-0.3, -0.25) is 0 Å². The zero-order chi connectivity index (χ0) is 11.6. The molecule has 1 N–H and O–H groups in total. The van der Waals surface area contributed by atoms with Crippen molar-refractivity contribution in [1.82, 2.24) is 4.90 Å². The first-order valence-electron chi connectivity index (χ1n) is 6.84. The Bertz CT molecular complexity index is 162. The van der Waals surface area contributed by atoms with Gasteiger partial charge in [-0.25, -0.2) is 0 Å². The maximum atomic E-state index is 8.89. The topological polar surface area (TPSA) is 23.5 Å². The molecule has 1 aliphatic carbocycles. The first kappa shape index (κ1) is 14.3. The Morgan fingerprint density at radius 1 is 1.00 bits per heavy atom. The lowest BCUT2D eigenvalue weighted by atomic mass is 9.91. The molecule has 2 nitrogen and oxygen atoms in total. The molecule has 1 fully saturated rings. The summed E-state index contributed by atoms with van der Waals surface area (Å²) in [5.41, 5.74) is 0. The highest BCUT2D eigenvalue weighted by Crippen LogP contribution is 2.25. The van der Waals surface area contributed by atoms with Crippen LogP contribution in [0.25, 0.3) is 0 Å². The number of unbranched alkanes of at least 4 members (excludes halogenated alkanes) is 3. The Morgan fingerprint density at radius 2 is 1.69 bits per heavy atom. The van der Waals surface area contributed by atoms with Crippen LogP contribution in [-0.4, -0.2) is 41.5 Å². The molecule has 3 heteroatoms. The molecular weight excluding hydrogens is 218 g/mol. The predicted octanol–water partition coefficient (Wildman–Crippen LogP) is 2.71. The van der Waals surface area contributed by atoms with Crippen LogP contribution in [0.1, 0.15) is 51.4 Å². The van der Waals surface area contributed by atoms with Crippen molar-refractivity contribution in [3.8, 4) is 0 Å². The fraction of sp³-hybridized carbons (Fsp3) is 1.00. The second kappa shape index (κ2) is 9.32. The van der Waals surface area contributed by atoms with E-state index in [0.717, 1.165) is 24.8 Å². The van der Waals surface area contributed by atoms with E-state index in [1.54, 1.807) is 0 Å². The molecule has 1 saturated carbocycles. The minimum Gasteiger partial charge on any atom is -0.396 e. The second-order valence-electron chi connectivity index (χ2n) is 4.84. The van der Waals surface area contributed by atoms with Gasteiger partial charge in [0.1, 0.15) is 0 Å². The summed E-state index contributed by atoms with van der Waals surface area (Å²) in [7, 11) is 0. The molecule has 1 aliphatic rings. The molecule has 0 heterocycles. The predicted molar refractivity (Wildman–Crippen MR) is 73.2 cm³/mol. The van der Waals surface area contributed by atoms with Gasteiger partial charge in [-0.2, -0.15) is 12.6 Å². The van der Waals surface area contributed by atoms with Gasteiger partial charge in [0.05, 0.1) is 0 Å². The van der Waals surface area contributed by atoms with Crippen molar-refractivity contribution >= 4 is 12.6 Å². The Kier molecular flexibility index (Phi) is 8.34. The summed E-state index contributed by atoms with van der Waals surface area (Å²) in [6, 6.07) is 0.830. The summed E-state index contributed by atoms with van der Waals surface area (Å²) in [5.74, 6) is 1.02. The lowest BCUT2D eigenvalue weighted by Gasteiger charge is -2.37. The summed E-state index contributed by atoms with van der Waals surface area (Å²) < 4.78 is 0. The van der Waals surface area contributed by atoms with E-state index in [9.17, 15) is 0 Å². The number of thiol groups is 1. The molecule has 0 aromatic rings. The van der Waals surface area contributed by atoms with Gasteiger partial charge in [0.25, 0.3) is 0 Å². The van der Waals surface area contributed by atoms with E-state index in [0.29, 0.717) is 6.61 Å². The van der Waals surface area contributed by atoms with Gasteiger partial charge < -0.3 is 10.0 Å². The molecule has 16 heavy (non-hydrogen) atoms. The molecule has 0 unspecified atom stereocenters. The average Bonchev–Trinajstić information content (AvgIpc) is 2.22. The molecule has 1 rings (SSSR count). The van der Waals surface area contributed by atoms with Crippen molar-refractivity contribution in [2.75, 3.05) is 25.4 Å². The first-order valence-corrected chi connectivity index (χ1v) is 7.47. The van der Waals surface area contributed by atoms with Crippen LogP contribution >= 0.6 is 12.6 Å². The Hall–Kier alpha value is 0.270. The molecule has 0 spiro atoms. The molecular formula is C13H27NOS. The van der Waals surface area contributed by atoms with Gasteiger partial charge in [0.15, 0.2) is 0 Å². The quantitative estimate of drug-likeness (QED) is 0.457. The maximum absolute atomic E-state index is 8.89. The van der Waals surface area contributed by atoms with Crippen molar-refractivity contribution in [1.29, 1.82) is 0 Å². The van der Waals surface area contributed by atoms with E-state index in [1.165, 1.54) is 51.5 Å². The third-order valence-electron chi connectivity index (χ3n) is 3.55. The minimum absolute atomic E-state index is 0.336. The van der Waals surface area contributed by atoms with E-state index in [-0.39, 0.29) is 0 Å². The first-order chi connectivity index (χ1) is 7.88. The summed E-state index contributed by atoms with van der Waals surface area (Å²) in [4.78, 5) is 2.60. The SMILES string of the molecule is OCCCN(CCCCCCS)C1CCC1. The Morgan fingerprint density at radius 3 is 2.25 bits per heavy atom. The number of aliphatic hydroxyl groups excluding tert-OH is 1. The molecule has 96 valence electrons. The number of hydrogen-bond acceptors (Lipinski definition) is 3. The monoisotopic (exact) mass is 245 g/mol. The summed E-state index contributed by atoms with van der Waals surface area (Å²) in [5, 5.41) is 8.89. The van der Waals surface area contributed by atoms with Crippen molar-refractivity contribution in [2.24, 2.45) is 0 Å². The standard InChI is InChI=1S/C13H27NOS/c15-11-6-10-14(13-7-5-8-13)9-3-1-2-4-12-16/h13,15-16H,1-12H2. The molecule has 0 amide bonds. The maximum Gasteiger partial charge on any atom is 0.0443 e. The van der Waals surface area contributed by atoms with Gasteiger partial charge in [-0.15, -0.1) is 0 Å².